The van der Waals surface area contributed by atoms with Crippen LogP contribution < -0.4 is 20.3 Å². The lowest BCUT2D eigenvalue weighted by molar-refractivity contribution is -0.131. The topological polar surface area (TPSA) is 168 Å². The molecule has 4 heterocycles. The number of rotatable bonds is 8. The van der Waals surface area contributed by atoms with Gasteiger partial charge in [0.05, 0.1) is 24.0 Å². The van der Waals surface area contributed by atoms with E-state index < -0.39 is 17.7 Å². The van der Waals surface area contributed by atoms with Crippen molar-refractivity contribution in [3.8, 4) is 11.9 Å². The summed E-state index contributed by atoms with van der Waals surface area (Å²) in [6.07, 6.45) is 4.67. The molecule has 3 amide bonds. The van der Waals surface area contributed by atoms with E-state index in [-0.39, 0.29) is 43.3 Å². The van der Waals surface area contributed by atoms with Crippen LogP contribution in [0.15, 0.2) is 36.9 Å². The van der Waals surface area contributed by atoms with Crippen molar-refractivity contribution in [2.75, 3.05) is 43.5 Å². The zero-order valence-corrected chi connectivity index (χ0v) is 25.0. The van der Waals surface area contributed by atoms with Gasteiger partial charge in [0.2, 0.25) is 11.8 Å². The highest BCUT2D eigenvalue weighted by atomic mass is 16.6. The summed E-state index contributed by atoms with van der Waals surface area (Å²) in [6, 6.07) is 6.46. The number of ether oxygens (including phenoxy) is 2. The van der Waals surface area contributed by atoms with E-state index in [0.717, 1.165) is 6.42 Å². The zero-order chi connectivity index (χ0) is 31.1. The van der Waals surface area contributed by atoms with Crippen LogP contribution in [0.4, 0.5) is 21.1 Å². The molecule has 3 aromatic heterocycles. The van der Waals surface area contributed by atoms with Crippen molar-refractivity contribution in [2.24, 2.45) is 5.92 Å². The highest BCUT2D eigenvalue weighted by molar-refractivity contribution is 6.00. The van der Waals surface area contributed by atoms with Crippen molar-refractivity contribution in [2.45, 2.75) is 52.2 Å². The Morgan fingerprint density at radius 2 is 2.00 bits per heavy atom. The lowest BCUT2D eigenvalue weighted by atomic mass is 9.92. The summed E-state index contributed by atoms with van der Waals surface area (Å²) < 4.78 is 12.2. The summed E-state index contributed by atoms with van der Waals surface area (Å²) in [6.45, 7) is 8.95. The van der Waals surface area contributed by atoms with Crippen molar-refractivity contribution in [1.82, 2.24) is 29.7 Å². The lowest BCUT2D eigenvalue weighted by Crippen LogP contribution is -2.52. The van der Waals surface area contributed by atoms with Crippen molar-refractivity contribution in [1.29, 1.82) is 5.26 Å². The number of hydrogen-bond donors (Lipinski definition) is 2. The number of hydrogen-bond acceptors (Lipinski definition) is 10. The third kappa shape index (κ3) is 7.88. The number of alkyl carbamates (subject to hydrolysis) is 1. The fourth-order valence-electron chi connectivity index (χ4n) is 4.87. The third-order valence-electron chi connectivity index (χ3n) is 7.02. The number of nitrogens with zero attached hydrogens (tertiary/aromatic N) is 7. The molecule has 0 bridgehead atoms. The van der Waals surface area contributed by atoms with Gasteiger partial charge in [-0.1, -0.05) is 6.92 Å². The first-order chi connectivity index (χ1) is 20.5. The molecular weight excluding hydrogens is 554 g/mol. The Morgan fingerprint density at radius 3 is 2.74 bits per heavy atom. The highest BCUT2D eigenvalue weighted by Crippen LogP contribution is 2.30. The molecule has 14 nitrogen and oxygen atoms in total. The van der Waals surface area contributed by atoms with Gasteiger partial charge in [0.25, 0.3) is 0 Å². The number of carbonyl (C=O) groups is 3. The molecule has 2 N–H and O–H groups in total. The third-order valence-corrected chi connectivity index (χ3v) is 7.02. The Hall–Kier alpha value is -4.93. The van der Waals surface area contributed by atoms with Crippen LogP contribution in [-0.4, -0.2) is 87.4 Å². The second-order valence-electron chi connectivity index (χ2n) is 11.3. The molecule has 0 radical (unpaired) electrons. The van der Waals surface area contributed by atoms with Gasteiger partial charge in [0.1, 0.15) is 30.8 Å². The number of nitrogens with one attached hydrogen (secondary N) is 2. The number of likely N-dealkylation sites (N-methyl/N-ethyl adjacent to an activating group) is 1. The van der Waals surface area contributed by atoms with Gasteiger partial charge in [0, 0.05) is 44.3 Å². The monoisotopic (exact) mass is 591 g/mol. The average Bonchev–Trinajstić information content (AvgIpc) is 3.39. The molecule has 43 heavy (non-hydrogen) atoms. The van der Waals surface area contributed by atoms with E-state index in [1.165, 1.54) is 17.1 Å². The molecule has 0 aromatic carbocycles. The van der Waals surface area contributed by atoms with Gasteiger partial charge in [-0.25, -0.2) is 24.5 Å². The fourth-order valence-corrected chi connectivity index (χ4v) is 4.87. The first kappa shape index (κ1) is 31.0. The number of nitriles is 1. The summed E-state index contributed by atoms with van der Waals surface area (Å²) in [4.78, 5) is 54.2. The number of piperidine rings is 1. The quantitative estimate of drug-likeness (QED) is 0.371. The molecule has 2 atom stereocenters. The Labute approximate surface area is 250 Å². The fraction of sp³-hybridized carbons (Fsp3) is 0.483. The molecular formula is C29H37N9O5. The summed E-state index contributed by atoms with van der Waals surface area (Å²) >= 11 is 0. The average molecular weight is 592 g/mol. The molecule has 1 saturated heterocycles. The number of anilines is 2. The van der Waals surface area contributed by atoms with Crippen LogP contribution in [-0.2, 0) is 9.53 Å². The van der Waals surface area contributed by atoms with Gasteiger partial charge in [-0.15, -0.1) is 0 Å². The first-order valence-corrected chi connectivity index (χ1v) is 14.0. The summed E-state index contributed by atoms with van der Waals surface area (Å²) in [7, 11) is 1.92. The van der Waals surface area contributed by atoms with Crippen LogP contribution in [0.25, 0.3) is 11.0 Å². The summed E-state index contributed by atoms with van der Waals surface area (Å²) in [5.41, 5.74) is 0.292. The SMILES string of the molecule is C[C@@H]1CCN(C(=O)CC#N)C[C@@H]1N(C)c1ncnc2c1ccn2C(=O)Nc1ccnc(OCCNC(=O)OC(C)(C)C)c1. The number of amides is 3. The van der Waals surface area contributed by atoms with Crippen molar-refractivity contribution < 1.29 is 23.9 Å². The van der Waals surface area contributed by atoms with Crippen LogP contribution in [0.3, 0.4) is 0 Å². The largest absolute Gasteiger partial charge is 0.476 e. The predicted molar refractivity (Wildman–Crippen MR) is 159 cm³/mol. The maximum Gasteiger partial charge on any atom is 0.407 e. The highest BCUT2D eigenvalue weighted by Gasteiger charge is 2.33. The molecule has 0 spiro atoms. The van der Waals surface area contributed by atoms with Crippen molar-refractivity contribution in [3.05, 3.63) is 36.9 Å². The molecule has 1 aliphatic heterocycles. The Kier molecular flexibility index (Phi) is 9.64. The Bertz CT molecular complexity index is 1510. The minimum atomic E-state index is -0.593. The molecule has 3 aromatic rings. The van der Waals surface area contributed by atoms with E-state index >= 15 is 0 Å². The van der Waals surface area contributed by atoms with Crippen molar-refractivity contribution >= 4 is 40.6 Å². The van der Waals surface area contributed by atoms with Crippen molar-refractivity contribution in [3.63, 3.8) is 0 Å². The van der Waals surface area contributed by atoms with E-state index in [1.54, 1.807) is 50.1 Å². The molecule has 0 saturated carbocycles. The number of fused-ring (bicyclic) bond motifs is 1. The Morgan fingerprint density at radius 1 is 1.21 bits per heavy atom. The molecule has 0 aliphatic carbocycles. The smallest absolute Gasteiger partial charge is 0.407 e. The van der Waals surface area contributed by atoms with Crippen LogP contribution in [0.2, 0.25) is 0 Å². The second kappa shape index (κ2) is 13.4. The first-order valence-electron chi connectivity index (χ1n) is 14.0. The molecule has 228 valence electrons. The number of pyridine rings is 1. The van der Waals surface area contributed by atoms with Crippen LogP contribution in [0.5, 0.6) is 5.88 Å². The van der Waals surface area contributed by atoms with E-state index in [1.807, 2.05) is 18.0 Å². The molecule has 0 unspecified atom stereocenters. The van der Waals surface area contributed by atoms with Gasteiger partial charge in [0.15, 0.2) is 5.65 Å². The zero-order valence-electron chi connectivity index (χ0n) is 25.0. The van der Waals surface area contributed by atoms with Crippen LogP contribution in [0.1, 0.15) is 40.5 Å². The van der Waals surface area contributed by atoms with Crippen LogP contribution in [0, 0.1) is 17.2 Å². The van der Waals surface area contributed by atoms with Gasteiger partial charge < -0.3 is 29.9 Å². The number of carbonyl (C=O) groups excluding carboxylic acids is 3. The summed E-state index contributed by atoms with van der Waals surface area (Å²) in [5.74, 6) is 1.02. The van der Waals surface area contributed by atoms with Crippen LogP contribution >= 0.6 is 0 Å². The van der Waals surface area contributed by atoms with E-state index in [4.69, 9.17) is 14.7 Å². The Balaban J connectivity index is 1.41. The summed E-state index contributed by atoms with van der Waals surface area (Å²) in [5, 5.41) is 15.1. The second-order valence-corrected chi connectivity index (χ2v) is 11.3. The van der Waals surface area contributed by atoms with Gasteiger partial charge in [-0.2, -0.15) is 5.26 Å². The maximum absolute atomic E-state index is 13.2. The molecule has 14 heteroatoms. The number of likely N-dealkylation sites (tertiary alicyclic amines) is 1. The van der Waals surface area contributed by atoms with E-state index in [0.29, 0.717) is 35.6 Å². The maximum atomic E-state index is 13.2. The van der Waals surface area contributed by atoms with Gasteiger partial charge >= 0.3 is 12.1 Å². The number of aromatic nitrogens is 4. The van der Waals surface area contributed by atoms with E-state index in [9.17, 15) is 14.4 Å². The molecule has 1 aliphatic rings. The van der Waals surface area contributed by atoms with Gasteiger partial charge in [-0.3, -0.25) is 9.36 Å². The normalized spacial score (nSPS) is 16.7. The van der Waals surface area contributed by atoms with Gasteiger partial charge in [-0.05, 0) is 45.2 Å². The lowest BCUT2D eigenvalue weighted by Gasteiger charge is -2.42. The van der Waals surface area contributed by atoms with E-state index in [2.05, 4.69) is 32.5 Å². The predicted octanol–water partition coefficient (Wildman–Crippen LogP) is 3.40. The molecule has 4 rings (SSSR count). The molecule has 1 fully saturated rings. The standard InChI is InChI=1S/C29H37N9O5/c1-19-8-13-37(24(39)6-10-30)17-22(19)36(5)25-21-9-14-38(26(21)34-18-33-25)27(40)35-20-7-11-31-23(16-20)42-15-12-32-28(41)43-29(2,3)4/h7,9,11,14,16,18-19,22H,6,8,12-13,15,17H2,1-5H3,(H,32,41)(H,31,35,40)/t19-,22+/m1/s1. The minimum Gasteiger partial charge on any atom is -0.476 e. The minimum absolute atomic E-state index is 0.0266.